The van der Waals surface area contributed by atoms with Gasteiger partial charge in [-0.15, -0.1) is 12.4 Å². The standard InChI is InChI=1S/C14H20N4O3.ClH/c15-6-5-10-2-1-7-17(9-10)14(19)12-8-11(18(20)21)3-4-13(12)16;/h3-4,8,10H,1-2,5-7,9,15-16H2;1H. The van der Waals surface area contributed by atoms with Crippen molar-refractivity contribution in [1.29, 1.82) is 0 Å². The Balaban J connectivity index is 0.00000242. The van der Waals surface area contributed by atoms with E-state index in [-0.39, 0.29) is 35.3 Å². The summed E-state index contributed by atoms with van der Waals surface area (Å²) in [7, 11) is 0. The Hall–Kier alpha value is -1.86. The second-order valence-electron chi connectivity index (χ2n) is 5.37. The molecule has 0 aromatic heterocycles. The lowest BCUT2D eigenvalue weighted by Crippen LogP contribution is -2.40. The highest BCUT2D eigenvalue weighted by Gasteiger charge is 2.26. The number of benzene rings is 1. The summed E-state index contributed by atoms with van der Waals surface area (Å²) < 4.78 is 0. The number of nitrogens with two attached hydrogens (primary N) is 2. The van der Waals surface area contributed by atoms with E-state index < -0.39 is 4.92 Å². The zero-order valence-electron chi connectivity index (χ0n) is 12.2. The summed E-state index contributed by atoms with van der Waals surface area (Å²) in [5.74, 6) is 0.158. The second kappa shape index (κ2) is 7.95. The molecule has 122 valence electrons. The molecule has 1 unspecified atom stereocenters. The summed E-state index contributed by atoms with van der Waals surface area (Å²) in [6.07, 6.45) is 2.87. The molecule has 1 aliphatic heterocycles. The average Bonchev–Trinajstić information content (AvgIpc) is 2.47. The van der Waals surface area contributed by atoms with E-state index in [0.29, 0.717) is 25.6 Å². The molecule has 1 aromatic carbocycles. The molecule has 22 heavy (non-hydrogen) atoms. The number of nitro benzene ring substituents is 1. The Morgan fingerprint density at radius 1 is 1.45 bits per heavy atom. The van der Waals surface area contributed by atoms with Crippen LogP contribution in [0.1, 0.15) is 29.6 Å². The van der Waals surface area contributed by atoms with Gasteiger partial charge in [0.15, 0.2) is 0 Å². The third kappa shape index (κ3) is 4.08. The van der Waals surface area contributed by atoms with Crippen molar-refractivity contribution < 1.29 is 9.72 Å². The van der Waals surface area contributed by atoms with Crippen molar-refractivity contribution in [2.24, 2.45) is 11.7 Å². The van der Waals surface area contributed by atoms with Crippen molar-refractivity contribution in [1.82, 2.24) is 4.90 Å². The molecular weight excluding hydrogens is 308 g/mol. The van der Waals surface area contributed by atoms with Gasteiger partial charge in [-0.1, -0.05) is 0 Å². The van der Waals surface area contributed by atoms with E-state index in [1.54, 1.807) is 4.90 Å². The van der Waals surface area contributed by atoms with Crippen LogP contribution in [0.3, 0.4) is 0 Å². The fraction of sp³-hybridized carbons (Fsp3) is 0.500. The maximum Gasteiger partial charge on any atom is 0.270 e. The number of nitrogens with zero attached hydrogens (tertiary/aromatic N) is 2. The molecule has 1 heterocycles. The quantitative estimate of drug-likeness (QED) is 0.496. The van der Waals surface area contributed by atoms with Crippen LogP contribution in [0.15, 0.2) is 18.2 Å². The molecule has 1 aliphatic rings. The van der Waals surface area contributed by atoms with Crippen LogP contribution in [0, 0.1) is 16.0 Å². The summed E-state index contributed by atoms with van der Waals surface area (Å²) >= 11 is 0. The van der Waals surface area contributed by atoms with Crippen LogP contribution in [0.2, 0.25) is 0 Å². The highest BCUT2D eigenvalue weighted by Crippen LogP contribution is 2.25. The van der Waals surface area contributed by atoms with E-state index in [1.165, 1.54) is 18.2 Å². The molecule has 1 amide bonds. The lowest BCUT2D eigenvalue weighted by atomic mass is 9.94. The number of nitrogen functional groups attached to an aromatic ring is 1. The lowest BCUT2D eigenvalue weighted by molar-refractivity contribution is -0.384. The molecule has 0 spiro atoms. The number of anilines is 1. The number of carbonyl (C=O) groups excluding carboxylic acids is 1. The average molecular weight is 329 g/mol. The Bertz CT molecular complexity index is 551. The van der Waals surface area contributed by atoms with Crippen molar-refractivity contribution in [2.75, 3.05) is 25.4 Å². The van der Waals surface area contributed by atoms with Gasteiger partial charge in [-0.3, -0.25) is 14.9 Å². The number of amides is 1. The topological polar surface area (TPSA) is 115 Å². The minimum Gasteiger partial charge on any atom is -0.398 e. The molecule has 1 aromatic rings. The van der Waals surface area contributed by atoms with E-state index in [9.17, 15) is 14.9 Å². The van der Waals surface area contributed by atoms with E-state index in [0.717, 1.165) is 19.3 Å². The number of halogens is 1. The monoisotopic (exact) mass is 328 g/mol. The van der Waals surface area contributed by atoms with Crippen LogP contribution >= 0.6 is 12.4 Å². The smallest absolute Gasteiger partial charge is 0.270 e. The molecule has 1 saturated heterocycles. The zero-order chi connectivity index (χ0) is 15.4. The summed E-state index contributed by atoms with van der Waals surface area (Å²) in [5.41, 5.74) is 11.7. The van der Waals surface area contributed by atoms with E-state index in [4.69, 9.17) is 11.5 Å². The first-order chi connectivity index (χ1) is 10.0. The van der Waals surface area contributed by atoms with Crippen LogP contribution < -0.4 is 11.5 Å². The normalized spacial score (nSPS) is 17.7. The Kier molecular flexibility index (Phi) is 6.58. The third-order valence-corrected chi connectivity index (χ3v) is 3.86. The van der Waals surface area contributed by atoms with Crippen molar-refractivity contribution in [3.8, 4) is 0 Å². The van der Waals surface area contributed by atoms with E-state index in [1.807, 2.05) is 0 Å². The van der Waals surface area contributed by atoms with Crippen LogP contribution in [0.25, 0.3) is 0 Å². The number of nitro groups is 1. The van der Waals surface area contributed by atoms with E-state index >= 15 is 0 Å². The minimum atomic E-state index is -0.524. The Morgan fingerprint density at radius 2 is 2.18 bits per heavy atom. The number of piperidine rings is 1. The molecule has 1 fully saturated rings. The van der Waals surface area contributed by atoms with Gasteiger partial charge < -0.3 is 16.4 Å². The molecular formula is C14H21ClN4O3. The fourth-order valence-electron chi connectivity index (χ4n) is 2.73. The molecule has 0 bridgehead atoms. The highest BCUT2D eigenvalue weighted by atomic mass is 35.5. The fourth-order valence-corrected chi connectivity index (χ4v) is 2.73. The Morgan fingerprint density at radius 3 is 2.82 bits per heavy atom. The van der Waals surface area contributed by atoms with Gasteiger partial charge in [-0.2, -0.15) is 0 Å². The van der Waals surface area contributed by atoms with Crippen LogP contribution in [0.5, 0.6) is 0 Å². The van der Waals surface area contributed by atoms with Crippen molar-refractivity contribution in [3.63, 3.8) is 0 Å². The van der Waals surface area contributed by atoms with Gasteiger partial charge in [0.1, 0.15) is 0 Å². The first-order valence-corrected chi connectivity index (χ1v) is 7.06. The number of carbonyl (C=O) groups is 1. The van der Waals surface area contributed by atoms with Gasteiger partial charge in [0.05, 0.1) is 10.5 Å². The van der Waals surface area contributed by atoms with Crippen molar-refractivity contribution in [3.05, 3.63) is 33.9 Å². The lowest BCUT2D eigenvalue weighted by Gasteiger charge is -2.33. The molecule has 8 heteroatoms. The number of hydrogen-bond acceptors (Lipinski definition) is 5. The SMILES string of the molecule is Cl.NCCC1CCCN(C(=O)c2cc([N+](=O)[O-])ccc2N)C1. The minimum absolute atomic E-state index is 0. The molecule has 0 aliphatic carbocycles. The number of likely N-dealkylation sites (tertiary alicyclic amines) is 1. The molecule has 4 N–H and O–H groups in total. The summed E-state index contributed by atoms with van der Waals surface area (Å²) in [5, 5.41) is 10.8. The first-order valence-electron chi connectivity index (χ1n) is 7.06. The van der Waals surface area contributed by atoms with Gasteiger partial charge in [0, 0.05) is 30.9 Å². The van der Waals surface area contributed by atoms with Gasteiger partial charge in [0.2, 0.25) is 0 Å². The van der Waals surface area contributed by atoms with Crippen molar-refractivity contribution >= 4 is 29.7 Å². The van der Waals surface area contributed by atoms with Crippen LogP contribution in [-0.2, 0) is 0 Å². The number of rotatable bonds is 4. The third-order valence-electron chi connectivity index (χ3n) is 3.86. The summed E-state index contributed by atoms with van der Waals surface area (Å²) in [6, 6.07) is 3.97. The second-order valence-corrected chi connectivity index (χ2v) is 5.37. The predicted octanol–water partition coefficient (Wildman–Crippen LogP) is 1.80. The first kappa shape index (κ1) is 18.2. The summed E-state index contributed by atoms with van der Waals surface area (Å²) in [6.45, 7) is 1.89. The van der Waals surface area contributed by atoms with Crippen molar-refractivity contribution in [2.45, 2.75) is 19.3 Å². The molecule has 0 saturated carbocycles. The predicted molar refractivity (Wildman–Crippen MR) is 87.1 cm³/mol. The van der Waals surface area contributed by atoms with Crippen LogP contribution in [-0.4, -0.2) is 35.4 Å². The maximum absolute atomic E-state index is 12.5. The zero-order valence-corrected chi connectivity index (χ0v) is 13.1. The van der Waals surface area contributed by atoms with E-state index in [2.05, 4.69) is 0 Å². The molecule has 0 radical (unpaired) electrons. The molecule has 7 nitrogen and oxygen atoms in total. The summed E-state index contributed by atoms with van der Waals surface area (Å²) in [4.78, 5) is 24.6. The van der Waals surface area contributed by atoms with Gasteiger partial charge in [-0.25, -0.2) is 0 Å². The van der Waals surface area contributed by atoms with Gasteiger partial charge in [-0.05, 0) is 37.8 Å². The largest absolute Gasteiger partial charge is 0.398 e. The van der Waals surface area contributed by atoms with Crippen LogP contribution in [0.4, 0.5) is 11.4 Å². The number of non-ortho nitro benzene ring substituents is 1. The number of hydrogen-bond donors (Lipinski definition) is 2. The Labute approximate surface area is 135 Å². The molecule has 1 atom stereocenters. The van der Waals surface area contributed by atoms with Gasteiger partial charge in [0.25, 0.3) is 11.6 Å². The highest BCUT2D eigenvalue weighted by molar-refractivity contribution is 5.99. The maximum atomic E-state index is 12.5. The van der Waals surface area contributed by atoms with Gasteiger partial charge >= 0.3 is 0 Å². The molecule has 2 rings (SSSR count).